The zero-order valence-corrected chi connectivity index (χ0v) is 18.3. The number of carbonyl (C=O) groups is 1. The largest absolute Gasteiger partial charge is 0.387 e. The van der Waals surface area contributed by atoms with E-state index in [4.69, 9.17) is 5.26 Å². The van der Waals surface area contributed by atoms with Crippen molar-refractivity contribution in [2.75, 3.05) is 17.2 Å². The normalized spacial score (nSPS) is 12.4. The van der Waals surface area contributed by atoms with E-state index in [2.05, 4.69) is 32.1 Å². The molecule has 10 heteroatoms. The number of aliphatic hydroxyl groups is 1. The van der Waals surface area contributed by atoms with Gasteiger partial charge in [-0.2, -0.15) is 10.4 Å². The summed E-state index contributed by atoms with van der Waals surface area (Å²) in [6, 6.07) is 7.11. The number of nitrogens with zero attached hydrogens (tertiary/aromatic N) is 4. The fraction of sp³-hybridized carbons (Fsp3) is 0.364. The van der Waals surface area contributed by atoms with Gasteiger partial charge in [0.05, 0.1) is 58.6 Å². The molecule has 168 valence electrons. The van der Waals surface area contributed by atoms with Crippen LogP contribution >= 0.6 is 0 Å². The van der Waals surface area contributed by atoms with Crippen molar-refractivity contribution >= 4 is 28.6 Å². The monoisotopic (exact) mass is 439 g/mol. The Kier molecular flexibility index (Phi) is 6.60. The SMILES string of the molecule is CC(C)Nc1c(C(=O)NCC(F)C(C)(C)O)cnn2cc(Nc3cc(C#N)ccn3)cc12. The molecule has 0 aliphatic carbocycles. The summed E-state index contributed by atoms with van der Waals surface area (Å²) in [7, 11) is 0. The van der Waals surface area contributed by atoms with Crippen LogP contribution in [0, 0.1) is 11.3 Å². The van der Waals surface area contributed by atoms with Crippen LogP contribution in [-0.2, 0) is 0 Å². The summed E-state index contributed by atoms with van der Waals surface area (Å²) in [4.78, 5) is 17.0. The quantitative estimate of drug-likeness (QED) is 0.425. The number of hydrogen-bond acceptors (Lipinski definition) is 7. The van der Waals surface area contributed by atoms with Gasteiger partial charge in [-0.3, -0.25) is 4.79 Å². The Hall–Kier alpha value is -3.71. The number of nitrogens with one attached hydrogen (secondary N) is 3. The molecule has 3 rings (SSSR count). The van der Waals surface area contributed by atoms with Crippen LogP contribution in [0.5, 0.6) is 0 Å². The molecule has 3 heterocycles. The van der Waals surface area contributed by atoms with E-state index in [0.717, 1.165) is 0 Å². The molecule has 9 nitrogen and oxygen atoms in total. The third kappa shape index (κ3) is 5.31. The molecule has 32 heavy (non-hydrogen) atoms. The molecule has 1 amide bonds. The lowest BCUT2D eigenvalue weighted by Gasteiger charge is -2.23. The van der Waals surface area contributed by atoms with Gasteiger partial charge in [-0.15, -0.1) is 0 Å². The fourth-order valence-electron chi connectivity index (χ4n) is 2.98. The molecule has 0 saturated heterocycles. The van der Waals surface area contributed by atoms with Crippen molar-refractivity contribution < 1.29 is 14.3 Å². The smallest absolute Gasteiger partial charge is 0.255 e. The highest BCUT2D eigenvalue weighted by Gasteiger charge is 2.27. The number of anilines is 3. The minimum Gasteiger partial charge on any atom is -0.387 e. The highest BCUT2D eigenvalue weighted by molar-refractivity contribution is 6.03. The maximum absolute atomic E-state index is 14.1. The van der Waals surface area contributed by atoms with Gasteiger partial charge in [0.25, 0.3) is 5.91 Å². The van der Waals surface area contributed by atoms with Crippen molar-refractivity contribution in [3.8, 4) is 6.07 Å². The van der Waals surface area contributed by atoms with Crippen molar-refractivity contribution in [2.45, 2.75) is 45.5 Å². The molecule has 0 fully saturated rings. The molecule has 0 bridgehead atoms. The molecule has 3 aromatic rings. The van der Waals surface area contributed by atoms with Crippen molar-refractivity contribution in [1.82, 2.24) is 19.9 Å². The van der Waals surface area contributed by atoms with Crippen LogP contribution in [0.15, 0.2) is 36.8 Å². The first-order valence-corrected chi connectivity index (χ1v) is 10.1. The number of alkyl halides is 1. The van der Waals surface area contributed by atoms with Gasteiger partial charge in [0, 0.05) is 12.2 Å². The summed E-state index contributed by atoms with van der Waals surface area (Å²) in [5.41, 5.74) is 0.997. The Bertz CT molecular complexity index is 1160. The molecule has 0 radical (unpaired) electrons. The molecule has 0 aliphatic heterocycles. The minimum atomic E-state index is -1.62. The highest BCUT2D eigenvalue weighted by Crippen LogP contribution is 2.27. The first-order chi connectivity index (χ1) is 15.1. The Morgan fingerprint density at radius 3 is 2.78 bits per heavy atom. The van der Waals surface area contributed by atoms with Crippen molar-refractivity contribution in [1.29, 1.82) is 5.26 Å². The predicted molar refractivity (Wildman–Crippen MR) is 120 cm³/mol. The van der Waals surface area contributed by atoms with Crippen LogP contribution < -0.4 is 16.0 Å². The first-order valence-electron chi connectivity index (χ1n) is 10.1. The summed E-state index contributed by atoms with van der Waals surface area (Å²) >= 11 is 0. The zero-order chi connectivity index (χ0) is 23.5. The van der Waals surface area contributed by atoms with E-state index in [1.807, 2.05) is 13.8 Å². The second kappa shape index (κ2) is 9.20. The average Bonchev–Trinajstić information content (AvgIpc) is 3.14. The highest BCUT2D eigenvalue weighted by atomic mass is 19.1. The van der Waals surface area contributed by atoms with Crippen molar-refractivity contribution in [2.24, 2.45) is 0 Å². The lowest BCUT2D eigenvalue weighted by molar-refractivity contribution is -0.00177. The average molecular weight is 439 g/mol. The van der Waals surface area contributed by atoms with Crippen LogP contribution in [-0.4, -0.2) is 50.0 Å². The van der Waals surface area contributed by atoms with E-state index in [-0.39, 0.29) is 18.2 Å². The van der Waals surface area contributed by atoms with Crippen molar-refractivity contribution in [3.63, 3.8) is 0 Å². The standard InChI is InChI=1S/C22H26FN7O2/c1-13(2)28-20-16(21(31)26-11-18(23)22(3,4)32)10-27-30-12-15(8-17(20)30)29-19-7-14(9-24)5-6-25-19/h5-8,10,12-13,18,28,32H,11H2,1-4H3,(H,25,29)(H,26,31). The second-order valence-electron chi connectivity index (χ2n) is 8.29. The molecule has 0 spiro atoms. The molecule has 0 aromatic carbocycles. The van der Waals surface area contributed by atoms with Gasteiger partial charge in [-0.1, -0.05) is 0 Å². The Labute approximate surface area is 185 Å². The van der Waals surface area contributed by atoms with Crippen LogP contribution in [0.4, 0.5) is 21.6 Å². The van der Waals surface area contributed by atoms with E-state index in [0.29, 0.717) is 28.3 Å². The number of fused-ring (bicyclic) bond motifs is 1. The maximum Gasteiger partial charge on any atom is 0.255 e. The minimum absolute atomic E-state index is 0.0123. The number of aromatic nitrogens is 3. The van der Waals surface area contributed by atoms with E-state index in [1.54, 1.807) is 28.9 Å². The van der Waals surface area contributed by atoms with Gasteiger partial charge in [0.1, 0.15) is 12.0 Å². The van der Waals surface area contributed by atoms with Crippen LogP contribution in [0.1, 0.15) is 43.6 Å². The lowest BCUT2D eigenvalue weighted by atomic mass is 10.0. The molecular formula is C22H26FN7O2. The molecule has 4 N–H and O–H groups in total. The van der Waals surface area contributed by atoms with Gasteiger partial charge in [-0.05, 0) is 45.9 Å². The van der Waals surface area contributed by atoms with Crippen molar-refractivity contribution in [3.05, 3.63) is 47.9 Å². The summed E-state index contributed by atoms with van der Waals surface area (Å²) < 4.78 is 15.7. The maximum atomic E-state index is 14.1. The summed E-state index contributed by atoms with van der Waals surface area (Å²) in [5, 5.41) is 32.0. The molecule has 0 aliphatic rings. The molecular weight excluding hydrogens is 413 g/mol. The number of hydrogen-bond donors (Lipinski definition) is 4. The Morgan fingerprint density at radius 1 is 1.38 bits per heavy atom. The number of nitriles is 1. The number of carbonyl (C=O) groups excluding carboxylic acids is 1. The van der Waals surface area contributed by atoms with E-state index >= 15 is 0 Å². The van der Waals surface area contributed by atoms with Gasteiger partial charge >= 0.3 is 0 Å². The molecule has 0 saturated carbocycles. The van der Waals surface area contributed by atoms with E-state index < -0.39 is 17.7 Å². The summed E-state index contributed by atoms with van der Waals surface area (Å²) in [6.07, 6.45) is 3.05. The predicted octanol–water partition coefficient (Wildman–Crippen LogP) is 3.00. The third-order valence-electron chi connectivity index (χ3n) is 4.68. The van der Waals surface area contributed by atoms with E-state index in [1.165, 1.54) is 26.2 Å². The summed E-state index contributed by atoms with van der Waals surface area (Å²) in [5.74, 6) is -0.00829. The Morgan fingerprint density at radius 2 is 2.12 bits per heavy atom. The van der Waals surface area contributed by atoms with Gasteiger partial charge in [-0.25, -0.2) is 13.9 Å². The van der Waals surface area contributed by atoms with Crippen LogP contribution in [0.3, 0.4) is 0 Å². The molecule has 1 unspecified atom stereocenters. The Balaban J connectivity index is 1.92. The number of pyridine rings is 1. The van der Waals surface area contributed by atoms with E-state index in [9.17, 15) is 14.3 Å². The molecule has 3 aromatic heterocycles. The number of halogens is 1. The lowest BCUT2D eigenvalue weighted by Crippen LogP contribution is -2.42. The topological polar surface area (TPSA) is 127 Å². The molecule has 1 atom stereocenters. The number of rotatable bonds is 8. The first kappa shape index (κ1) is 23.0. The fourth-order valence-corrected chi connectivity index (χ4v) is 2.98. The number of amides is 1. The zero-order valence-electron chi connectivity index (χ0n) is 18.3. The summed E-state index contributed by atoms with van der Waals surface area (Å²) in [6.45, 7) is 6.23. The van der Waals surface area contributed by atoms with Crippen LogP contribution in [0.25, 0.3) is 5.52 Å². The third-order valence-corrected chi connectivity index (χ3v) is 4.68. The second-order valence-corrected chi connectivity index (χ2v) is 8.29. The van der Waals surface area contributed by atoms with Crippen LogP contribution in [0.2, 0.25) is 0 Å². The van der Waals surface area contributed by atoms with Gasteiger partial charge in [0.15, 0.2) is 0 Å². The van der Waals surface area contributed by atoms with Gasteiger partial charge < -0.3 is 21.1 Å². The van der Waals surface area contributed by atoms with Gasteiger partial charge in [0.2, 0.25) is 0 Å².